The summed E-state index contributed by atoms with van der Waals surface area (Å²) in [7, 11) is 0. The molecule has 1 amide bonds. The minimum atomic E-state index is -0.124. The van der Waals surface area contributed by atoms with Crippen molar-refractivity contribution in [2.24, 2.45) is 0 Å². The van der Waals surface area contributed by atoms with Crippen molar-refractivity contribution in [2.75, 3.05) is 0 Å². The van der Waals surface area contributed by atoms with Crippen LogP contribution in [-0.4, -0.2) is 10.2 Å². The van der Waals surface area contributed by atoms with Gasteiger partial charge in [-0.15, -0.1) is 0 Å². The summed E-state index contributed by atoms with van der Waals surface area (Å²) in [6.45, 7) is 0. The van der Waals surface area contributed by atoms with Crippen LogP contribution in [0.3, 0.4) is 0 Å². The molecule has 4 heteroatoms. The van der Waals surface area contributed by atoms with E-state index in [1.165, 1.54) is 22.9 Å². The minimum Gasteiger partial charge on any atom is -0.307 e. The maximum absolute atomic E-state index is 11.8. The molecule has 0 radical (unpaired) electrons. The van der Waals surface area contributed by atoms with Gasteiger partial charge in [-0.1, -0.05) is 96.8 Å². The molecule has 132 valence electrons. The number of benzene rings is 3. The Hall–Kier alpha value is -2.69. The molecule has 3 aromatic carbocycles. The molecule has 1 fully saturated rings. The van der Waals surface area contributed by atoms with E-state index in [-0.39, 0.29) is 5.91 Å². The number of hydrogen-bond acceptors (Lipinski definition) is 3. The molecule has 0 aromatic heterocycles. The second-order valence-corrected chi connectivity index (χ2v) is 8.06. The standard InChI is InChI=1S/C23H17NOS2/c25-22-21(27-23(26)24-22)15-18-7-4-8-20(14-18)19-11-9-17(10-12-19)13-16-5-2-1-3-6-16/h1-12,14-15H,13H2,(H,24,25,26)/b21-15-. The van der Waals surface area contributed by atoms with Gasteiger partial charge in [0.25, 0.3) is 5.91 Å². The third kappa shape index (κ3) is 4.35. The SMILES string of the molecule is O=C1NC(=S)S/C1=C\c1cccc(-c2ccc(Cc3ccccc3)cc2)c1. The van der Waals surface area contributed by atoms with Gasteiger partial charge >= 0.3 is 0 Å². The summed E-state index contributed by atoms with van der Waals surface area (Å²) in [5.74, 6) is -0.124. The fourth-order valence-electron chi connectivity index (χ4n) is 3.03. The van der Waals surface area contributed by atoms with Crippen molar-refractivity contribution in [3.8, 4) is 11.1 Å². The van der Waals surface area contributed by atoms with Crippen LogP contribution in [0.25, 0.3) is 17.2 Å². The van der Waals surface area contributed by atoms with Crippen molar-refractivity contribution in [3.05, 3.63) is 100 Å². The van der Waals surface area contributed by atoms with E-state index in [0.29, 0.717) is 9.23 Å². The fourth-order valence-corrected chi connectivity index (χ4v) is 4.07. The van der Waals surface area contributed by atoms with Crippen LogP contribution in [0, 0.1) is 0 Å². The Balaban J connectivity index is 1.54. The van der Waals surface area contributed by atoms with Gasteiger partial charge in [0.2, 0.25) is 0 Å². The Morgan fingerprint density at radius 3 is 2.30 bits per heavy atom. The normalized spacial score (nSPS) is 15.2. The molecule has 27 heavy (non-hydrogen) atoms. The first kappa shape index (κ1) is 17.7. The lowest BCUT2D eigenvalue weighted by Crippen LogP contribution is -2.17. The van der Waals surface area contributed by atoms with Crippen LogP contribution in [-0.2, 0) is 11.2 Å². The molecule has 0 atom stereocenters. The van der Waals surface area contributed by atoms with Gasteiger partial charge in [-0.2, -0.15) is 0 Å². The third-order valence-corrected chi connectivity index (χ3v) is 5.53. The molecule has 1 saturated heterocycles. The smallest absolute Gasteiger partial charge is 0.263 e. The van der Waals surface area contributed by atoms with Gasteiger partial charge in [0, 0.05) is 0 Å². The number of carbonyl (C=O) groups is 1. The van der Waals surface area contributed by atoms with E-state index in [4.69, 9.17) is 12.2 Å². The molecular weight excluding hydrogens is 370 g/mol. The Labute approximate surface area is 168 Å². The van der Waals surface area contributed by atoms with Gasteiger partial charge in [0.05, 0.1) is 4.91 Å². The molecule has 2 nitrogen and oxygen atoms in total. The van der Waals surface area contributed by atoms with E-state index in [1.807, 2.05) is 24.3 Å². The first-order valence-electron chi connectivity index (χ1n) is 8.65. The first-order chi connectivity index (χ1) is 13.2. The Kier molecular flexibility index (Phi) is 5.19. The topological polar surface area (TPSA) is 29.1 Å². The van der Waals surface area contributed by atoms with E-state index >= 15 is 0 Å². The zero-order valence-electron chi connectivity index (χ0n) is 14.5. The predicted octanol–water partition coefficient (Wildman–Crippen LogP) is 5.43. The zero-order chi connectivity index (χ0) is 18.6. The maximum atomic E-state index is 11.8. The highest BCUT2D eigenvalue weighted by Crippen LogP contribution is 2.28. The van der Waals surface area contributed by atoms with Gasteiger partial charge in [-0.3, -0.25) is 4.79 Å². The quantitative estimate of drug-likeness (QED) is 0.478. The van der Waals surface area contributed by atoms with Crippen molar-refractivity contribution in [1.29, 1.82) is 0 Å². The summed E-state index contributed by atoms with van der Waals surface area (Å²) in [6.07, 6.45) is 2.81. The Morgan fingerprint density at radius 2 is 1.59 bits per heavy atom. The monoisotopic (exact) mass is 387 g/mol. The second kappa shape index (κ2) is 7.91. The summed E-state index contributed by atoms with van der Waals surface area (Å²) < 4.78 is 0.511. The van der Waals surface area contributed by atoms with Gasteiger partial charge < -0.3 is 5.32 Å². The second-order valence-electron chi connectivity index (χ2n) is 6.34. The van der Waals surface area contributed by atoms with E-state index < -0.39 is 0 Å². The lowest BCUT2D eigenvalue weighted by atomic mass is 9.99. The zero-order valence-corrected chi connectivity index (χ0v) is 16.1. The lowest BCUT2D eigenvalue weighted by Gasteiger charge is -2.06. The summed E-state index contributed by atoms with van der Waals surface area (Å²) in [5, 5.41) is 2.65. The molecule has 0 saturated carbocycles. The number of nitrogens with one attached hydrogen (secondary N) is 1. The van der Waals surface area contributed by atoms with E-state index in [9.17, 15) is 4.79 Å². The molecule has 0 bridgehead atoms. The molecule has 3 aromatic rings. The maximum Gasteiger partial charge on any atom is 0.263 e. The van der Waals surface area contributed by atoms with Crippen LogP contribution in [0.2, 0.25) is 0 Å². The predicted molar refractivity (Wildman–Crippen MR) is 117 cm³/mol. The Bertz CT molecular complexity index is 1020. The third-order valence-electron chi connectivity index (χ3n) is 4.36. The molecule has 1 aliphatic heterocycles. The average Bonchev–Trinajstić information content (AvgIpc) is 3.00. The summed E-state index contributed by atoms with van der Waals surface area (Å²) in [4.78, 5) is 12.5. The van der Waals surface area contributed by atoms with Gasteiger partial charge in [0.1, 0.15) is 4.32 Å². The largest absolute Gasteiger partial charge is 0.307 e. The van der Waals surface area contributed by atoms with E-state index in [2.05, 4.69) is 66.0 Å². The Morgan fingerprint density at radius 1 is 0.852 bits per heavy atom. The number of hydrogen-bond donors (Lipinski definition) is 1. The number of thiocarbonyl (C=S) groups is 1. The van der Waals surface area contributed by atoms with Gasteiger partial charge in [0.15, 0.2) is 0 Å². The van der Waals surface area contributed by atoms with Crippen molar-refractivity contribution < 1.29 is 4.79 Å². The van der Waals surface area contributed by atoms with Crippen LogP contribution in [0.5, 0.6) is 0 Å². The van der Waals surface area contributed by atoms with E-state index in [0.717, 1.165) is 23.1 Å². The van der Waals surface area contributed by atoms with Crippen LogP contribution in [0.1, 0.15) is 16.7 Å². The number of rotatable bonds is 4. The molecule has 1 heterocycles. The van der Waals surface area contributed by atoms with Crippen LogP contribution >= 0.6 is 24.0 Å². The molecule has 1 aliphatic rings. The average molecular weight is 388 g/mol. The van der Waals surface area contributed by atoms with Crippen molar-refractivity contribution >= 4 is 40.3 Å². The minimum absolute atomic E-state index is 0.124. The van der Waals surface area contributed by atoms with Gasteiger partial charge in [-0.05, 0) is 46.4 Å². The highest BCUT2D eigenvalue weighted by Gasteiger charge is 2.21. The van der Waals surface area contributed by atoms with Gasteiger partial charge in [-0.25, -0.2) is 0 Å². The highest BCUT2D eigenvalue weighted by molar-refractivity contribution is 8.26. The van der Waals surface area contributed by atoms with Crippen LogP contribution < -0.4 is 5.32 Å². The van der Waals surface area contributed by atoms with Crippen molar-refractivity contribution in [3.63, 3.8) is 0 Å². The fraction of sp³-hybridized carbons (Fsp3) is 0.0435. The van der Waals surface area contributed by atoms with Crippen LogP contribution in [0.4, 0.5) is 0 Å². The van der Waals surface area contributed by atoms with Crippen molar-refractivity contribution in [1.82, 2.24) is 5.32 Å². The van der Waals surface area contributed by atoms with Crippen molar-refractivity contribution in [2.45, 2.75) is 6.42 Å². The highest BCUT2D eigenvalue weighted by atomic mass is 32.2. The molecule has 1 N–H and O–H groups in total. The molecular formula is C23H17NOS2. The number of carbonyl (C=O) groups excluding carboxylic acids is 1. The van der Waals surface area contributed by atoms with E-state index in [1.54, 1.807) is 0 Å². The molecule has 0 spiro atoms. The van der Waals surface area contributed by atoms with Crippen LogP contribution in [0.15, 0.2) is 83.8 Å². The number of thioether (sulfide) groups is 1. The summed E-state index contributed by atoms with van der Waals surface area (Å²) >= 11 is 6.35. The molecule has 4 rings (SSSR count). The lowest BCUT2D eigenvalue weighted by molar-refractivity contribution is -0.115. The number of amides is 1. The molecule has 0 aliphatic carbocycles. The molecule has 0 unspecified atom stereocenters. The first-order valence-corrected chi connectivity index (χ1v) is 9.88. The summed E-state index contributed by atoms with van der Waals surface area (Å²) in [6, 6.07) is 27.3. The summed E-state index contributed by atoms with van der Waals surface area (Å²) in [5.41, 5.74) is 5.87.